The summed E-state index contributed by atoms with van der Waals surface area (Å²) in [6, 6.07) is 0. The van der Waals surface area contributed by atoms with Crippen molar-refractivity contribution in [2.24, 2.45) is 0 Å². The zero-order valence-electron chi connectivity index (χ0n) is 52.8. The maximum atomic E-state index is 12.9. The van der Waals surface area contributed by atoms with Gasteiger partial charge in [0.05, 0.1) is 0 Å². The minimum atomic E-state index is -0.826. The van der Waals surface area contributed by atoms with Gasteiger partial charge in [-0.15, -0.1) is 0 Å². The molecule has 0 aromatic carbocycles. The molecule has 0 saturated heterocycles. The minimum absolute atomic E-state index is 0.120. The summed E-state index contributed by atoms with van der Waals surface area (Å²) in [5, 5.41) is 0. The van der Waals surface area contributed by atoms with Crippen molar-refractivity contribution in [2.45, 2.75) is 309 Å². The molecule has 0 aromatic heterocycles. The fourth-order valence-electron chi connectivity index (χ4n) is 9.20. The third-order valence-corrected chi connectivity index (χ3v) is 14.2. The summed E-state index contributed by atoms with van der Waals surface area (Å²) >= 11 is 0. The highest BCUT2D eigenvalue weighted by Gasteiger charge is 2.19. The second-order valence-electron chi connectivity index (χ2n) is 22.0. The summed E-state index contributed by atoms with van der Waals surface area (Å²) in [5.74, 6) is -1.03. The summed E-state index contributed by atoms with van der Waals surface area (Å²) < 4.78 is 16.8. The minimum Gasteiger partial charge on any atom is -0.462 e. The summed E-state index contributed by atoms with van der Waals surface area (Å²) in [6.07, 6.45) is 96.4. The van der Waals surface area contributed by atoms with Gasteiger partial charge in [-0.1, -0.05) is 315 Å². The maximum Gasteiger partial charge on any atom is 0.306 e. The molecule has 0 amide bonds. The molecule has 0 saturated carbocycles. The summed E-state index contributed by atoms with van der Waals surface area (Å²) in [7, 11) is 0. The Morgan fingerprint density at radius 3 is 0.827 bits per heavy atom. The second kappa shape index (κ2) is 68.1. The number of allylic oxidation sites excluding steroid dienone is 22. The van der Waals surface area contributed by atoms with Gasteiger partial charge in [-0.25, -0.2) is 0 Å². The van der Waals surface area contributed by atoms with E-state index < -0.39 is 6.10 Å². The first-order valence-corrected chi connectivity index (χ1v) is 33.7. The number of carbonyl (C=O) groups excluding carboxylic acids is 3. The van der Waals surface area contributed by atoms with Crippen LogP contribution >= 0.6 is 0 Å². The molecule has 0 aliphatic rings. The van der Waals surface area contributed by atoms with E-state index in [-0.39, 0.29) is 37.5 Å². The third-order valence-electron chi connectivity index (χ3n) is 14.2. The van der Waals surface area contributed by atoms with Gasteiger partial charge in [-0.3, -0.25) is 14.4 Å². The average molecular weight is 1120 g/mol. The Balaban J connectivity index is 4.40. The number of unbranched alkanes of at least 4 members (excludes halogenated alkanes) is 27. The molecule has 6 heteroatoms. The first-order valence-electron chi connectivity index (χ1n) is 33.7. The molecular formula is C75H124O6. The fourth-order valence-corrected chi connectivity index (χ4v) is 9.20. The lowest BCUT2D eigenvalue weighted by atomic mass is 10.0. The molecule has 0 N–H and O–H groups in total. The lowest BCUT2D eigenvalue weighted by Crippen LogP contribution is -2.30. The third kappa shape index (κ3) is 66.2. The molecule has 0 aliphatic heterocycles. The van der Waals surface area contributed by atoms with Gasteiger partial charge in [0.15, 0.2) is 6.10 Å². The van der Waals surface area contributed by atoms with Crippen LogP contribution in [0.3, 0.4) is 0 Å². The van der Waals surface area contributed by atoms with Gasteiger partial charge in [-0.2, -0.15) is 0 Å². The summed E-state index contributed by atoms with van der Waals surface area (Å²) in [4.78, 5) is 38.3. The quantitative estimate of drug-likeness (QED) is 0.0261. The predicted molar refractivity (Wildman–Crippen MR) is 353 cm³/mol. The van der Waals surface area contributed by atoms with Crippen LogP contribution in [0.2, 0.25) is 0 Å². The van der Waals surface area contributed by atoms with Crippen molar-refractivity contribution in [1.82, 2.24) is 0 Å². The van der Waals surface area contributed by atoms with E-state index in [1.165, 1.54) is 141 Å². The van der Waals surface area contributed by atoms with Crippen LogP contribution in [0, 0.1) is 0 Å². The Labute approximate surface area is 500 Å². The van der Waals surface area contributed by atoms with Crippen LogP contribution in [-0.2, 0) is 28.6 Å². The standard InChI is InChI=1S/C75H124O6/c1-4-7-10-13-16-19-22-25-27-29-31-33-35-37-39-41-43-45-47-50-53-56-59-62-65-68-74(77)80-71-72(70-79-73(76)67-64-61-58-55-52-49-24-21-18-15-12-9-6-3)81-75(78)69-66-63-60-57-54-51-48-46-44-42-40-38-36-34-32-30-28-26-23-20-17-14-11-8-5-2/h7,9-10,12,16,18-19,21,25,27,31,33,37,39,43,45,49-50,52-53,58,61,72H,4-6,8,11,13-15,17,20,22-24,26,28-30,32,34-36,38,40-42,44,46-48,51,54-57,59-60,62-71H2,1-3H3/b10-7-,12-9-,19-16-,21-18-,27-25-,33-31-,39-37-,45-43-,52-49-,53-50-,61-58-. The lowest BCUT2D eigenvalue weighted by molar-refractivity contribution is -0.166. The molecule has 0 radical (unpaired) electrons. The van der Waals surface area contributed by atoms with E-state index in [9.17, 15) is 14.4 Å². The van der Waals surface area contributed by atoms with Crippen LogP contribution < -0.4 is 0 Å². The Morgan fingerprint density at radius 1 is 0.259 bits per heavy atom. The van der Waals surface area contributed by atoms with E-state index in [0.29, 0.717) is 19.3 Å². The van der Waals surface area contributed by atoms with E-state index in [4.69, 9.17) is 14.2 Å². The molecule has 81 heavy (non-hydrogen) atoms. The van der Waals surface area contributed by atoms with Crippen molar-refractivity contribution < 1.29 is 28.6 Å². The number of esters is 3. The first kappa shape index (κ1) is 76.5. The van der Waals surface area contributed by atoms with Gasteiger partial charge in [0, 0.05) is 19.3 Å². The van der Waals surface area contributed by atoms with Gasteiger partial charge >= 0.3 is 17.9 Å². The zero-order chi connectivity index (χ0) is 58.5. The van der Waals surface area contributed by atoms with Crippen LogP contribution in [0.5, 0.6) is 0 Å². The topological polar surface area (TPSA) is 78.9 Å². The van der Waals surface area contributed by atoms with E-state index in [1.807, 2.05) is 6.08 Å². The van der Waals surface area contributed by atoms with Crippen LogP contribution in [0.1, 0.15) is 303 Å². The largest absolute Gasteiger partial charge is 0.462 e. The van der Waals surface area contributed by atoms with Crippen LogP contribution in [0.25, 0.3) is 0 Å². The van der Waals surface area contributed by atoms with E-state index >= 15 is 0 Å². The smallest absolute Gasteiger partial charge is 0.306 e. The zero-order valence-corrected chi connectivity index (χ0v) is 52.8. The molecule has 0 aromatic rings. The van der Waals surface area contributed by atoms with Crippen molar-refractivity contribution in [2.75, 3.05) is 13.2 Å². The Morgan fingerprint density at radius 2 is 0.506 bits per heavy atom. The molecular weight excluding hydrogens is 997 g/mol. The highest BCUT2D eigenvalue weighted by Crippen LogP contribution is 2.17. The Hall–Kier alpha value is -4.45. The highest BCUT2D eigenvalue weighted by atomic mass is 16.6. The number of rotatable bonds is 60. The summed E-state index contributed by atoms with van der Waals surface area (Å²) in [5.41, 5.74) is 0. The molecule has 1 unspecified atom stereocenters. The monoisotopic (exact) mass is 1120 g/mol. The molecule has 0 bridgehead atoms. The molecule has 0 fully saturated rings. The SMILES string of the molecule is CC/C=C\C/C=C\C/C=C\C/C=C\C/C=C\C/C=C\C/C=C\CCCCCC(=O)OCC(COC(=O)CC/C=C\C/C=C\C/C=C\C/C=C\CC)OC(=O)CCCCCCCCCCCCCCCCCCCCCCCCCCC. The molecule has 6 nitrogen and oxygen atoms in total. The van der Waals surface area contributed by atoms with Crippen molar-refractivity contribution in [3.8, 4) is 0 Å². The Kier molecular flexibility index (Phi) is 64.3. The second-order valence-corrected chi connectivity index (χ2v) is 22.0. The van der Waals surface area contributed by atoms with Crippen molar-refractivity contribution in [1.29, 1.82) is 0 Å². The van der Waals surface area contributed by atoms with Gasteiger partial charge in [0.1, 0.15) is 13.2 Å². The van der Waals surface area contributed by atoms with Crippen molar-refractivity contribution in [3.63, 3.8) is 0 Å². The molecule has 0 heterocycles. The van der Waals surface area contributed by atoms with Gasteiger partial charge < -0.3 is 14.2 Å². The lowest BCUT2D eigenvalue weighted by Gasteiger charge is -2.18. The number of ether oxygens (including phenoxy) is 3. The van der Waals surface area contributed by atoms with Gasteiger partial charge in [-0.05, 0) is 103 Å². The Bertz CT molecular complexity index is 1720. The maximum absolute atomic E-state index is 12.9. The predicted octanol–water partition coefficient (Wildman–Crippen LogP) is 23.3. The van der Waals surface area contributed by atoms with Gasteiger partial charge in [0.2, 0.25) is 0 Å². The normalized spacial score (nSPS) is 13.0. The molecule has 0 aliphatic carbocycles. The molecule has 0 rings (SSSR count). The van der Waals surface area contributed by atoms with Crippen LogP contribution in [0.15, 0.2) is 134 Å². The average Bonchev–Trinajstić information content (AvgIpc) is 3.46. The van der Waals surface area contributed by atoms with Crippen LogP contribution in [0.4, 0.5) is 0 Å². The van der Waals surface area contributed by atoms with Crippen molar-refractivity contribution in [3.05, 3.63) is 134 Å². The van der Waals surface area contributed by atoms with Gasteiger partial charge in [0.25, 0.3) is 0 Å². The number of hydrogen-bond acceptors (Lipinski definition) is 6. The molecule has 0 spiro atoms. The first-order chi connectivity index (χ1) is 40.0. The molecule has 460 valence electrons. The van der Waals surface area contributed by atoms with E-state index in [0.717, 1.165) is 116 Å². The summed E-state index contributed by atoms with van der Waals surface area (Å²) in [6.45, 7) is 6.34. The number of carbonyl (C=O) groups is 3. The molecule has 1 atom stereocenters. The van der Waals surface area contributed by atoms with Crippen LogP contribution in [-0.4, -0.2) is 37.2 Å². The van der Waals surface area contributed by atoms with E-state index in [1.54, 1.807) is 0 Å². The van der Waals surface area contributed by atoms with E-state index in [2.05, 4.69) is 148 Å². The van der Waals surface area contributed by atoms with Crippen molar-refractivity contribution >= 4 is 17.9 Å². The number of hydrogen-bond donors (Lipinski definition) is 0. The highest BCUT2D eigenvalue weighted by molar-refractivity contribution is 5.71. The fraction of sp³-hybridized carbons (Fsp3) is 0.667.